The topological polar surface area (TPSA) is 97.6 Å². The Morgan fingerprint density at radius 3 is 2.97 bits per heavy atom. The first-order valence-corrected chi connectivity index (χ1v) is 12.6. The number of aliphatic hydroxyl groups is 1. The molecule has 1 aromatic carbocycles. The summed E-state index contributed by atoms with van der Waals surface area (Å²) < 4.78 is 14.6. The monoisotopic (exact) mass is 471 g/mol. The summed E-state index contributed by atoms with van der Waals surface area (Å²) in [7, 11) is 0. The summed E-state index contributed by atoms with van der Waals surface area (Å²) in [6, 6.07) is 11.1. The van der Waals surface area contributed by atoms with Gasteiger partial charge >= 0.3 is 0 Å². The summed E-state index contributed by atoms with van der Waals surface area (Å²) in [5.74, 6) is 2.07. The van der Waals surface area contributed by atoms with Crippen molar-refractivity contribution in [1.82, 2.24) is 15.2 Å². The number of rotatable bonds is 5. The van der Waals surface area contributed by atoms with Crippen molar-refractivity contribution in [2.45, 2.75) is 68.9 Å². The smallest absolute Gasteiger partial charge is 0.127 e. The molecule has 2 heterocycles. The fourth-order valence-electron chi connectivity index (χ4n) is 7.54. The average Bonchev–Trinajstić information content (AvgIpc) is 3.44. The van der Waals surface area contributed by atoms with E-state index in [1.165, 1.54) is 23.0 Å². The van der Waals surface area contributed by atoms with Crippen LogP contribution < -0.4 is 5.32 Å². The highest BCUT2D eigenvalue weighted by atomic mass is 19.1. The van der Waals surface area contributed by atoms with Crippen LogP contribution in [0.4, 0.5) is 10.2 Å². The summed E-state index contributed by atoms with van der Waals surface area (Å²) in [5, 5.41) is 30.6. The first-order valence-electron chi connectivity index (χ1n) is 12.6. The van der Waals surface area contributed by atoms with Gasteiger partial charge in [0.1, 0.15) is 23.9 Å². The van der Waals surface area contributed by atoms with E-state index < -0.39 is 6.23 Å². The Balaban J connectivity index is 1.24. The lowest BCUT2D eigenvalue weighted by Crippen LogP contribution is -2.44. The maximum absolute atomic E-state index is 14.6. The molecule has 0 radical (unpaired) electrons. The summed E-state index contributed by atoms with van der Waals surface area (Å²) in [4.78, 5) is 4.22. The van der Waals surface area contributed by atoms with Crippen molar-refractivity contribution in [3.05, 3.63) is 76.5 Å². The number of halogens is 1. The van der Waals surface area contributed by atoms with E-state index in [1.807, 2.05) is 6.07 Å². The normalized spacial score (nSPS) is 29.3. The molecule has 35 heavy (non-hydrogen) atoms. The summed E-state index contributed by atoms with van der Waals surface area (Å²) in [6.07, 6.45) is 8.11. The number of hydrogen-bond donors (Lipinski definition) is 3. The van der Waals surface area contributed by atoms with Gasteiger partial charge in [0.2, 0.25) is 0 Å². The second kappa shape index (κ2) is 8.46. The number of nitrogens with one attached hydrogen (secondary N) is 2. The molecule has 6 rings (SSSR count). The highest BCUT2D eigenvalue weighted by Crippen LogP contribution is 2.64. The van der Waals surface area contributed by atoms with Crippen molar-refractivity contribution in [2.75, 3.05) is 5.32 Å². The van der Waals surface area contributed by atoms with E-state index in [2.05, 4.69) is 40.7 Å². The molecule has 6 atom stereocenters. The van der Waals surface area contributed by atoms with Crippen LogP contribution in [0.1, 0.15) is 78.8 Å². The lowest BCUT2D eigenvalue weighted by Gasteiger charge is -2.50. The van der Waals surface area contributed by atoms with Crippen LogP contribution >= 0.6 is 0 Å². The van der Waals surface area contributed by atoms with Crippen molar-refractivity contribution in [2.24, 2.45) is 11.8 Å². The number of nitriles is 1. The number of fused-ring (bicyclic) bond motifs is 7. The Hall–Kier alpha value is -3.24. The molecule has 3 aliphatic carbocycles. The molecule has 3 aliphatic rings. The Labute approximate surface area is 204 Å². The molecule has 2 aromatic heterocycles. The molecule has 7 heteroatoms. The fraction of sp³-hybridized carbons (Fsp3) is 0.464. The van der Waals surface area contributed by atoms with Crippen molar-refractivity contribution >= 4 is 5.82 Å². The number of nitrogens with zero attached hydrogens (tertiary/aromatic N) is 3. The van der Waals surface area contributed by atoms with Gasteiger partial charge in [0.25, 0.3) is 0 Å². The van der Waals surface area contributed by atoms with Crippen molar-refractivity contribution in [1.29, 1.82) is 5.26 Å². The van der Waals surface area contributed by atoms with Gasteiger partial charge in [-0.05, 0) is 97.1 Å². The molecule has 0 aliphatic heterocycles. The molecule has 1 fully saturated rings. The van der Waals surface area contributed by atoms with E-state index in [0.717, 1.165) is 37.7 Å². The number of aromatic nitrogens is 3. The molecule has 0 bridgehead atoms. The minimum atomic E-state index is -0.738. The first-order chi connectivity index (χ1) is 17.0. The summed E-state index contributed by atoms with van der Waals surface area (Å²) in [6.45, 7) is 2.37. The van der Waals surface area contributed by atoms with Crippen LogP contribution in [0.15, 0.2) is 42.7 Å². The van der Waals surface area contributed by atoms with Crippen LogP contribution in [0, 0.1) is 29.0 Å². The van der Waals surface area contributed by atoms with Gasteiger partial charge in [-0.2, -0.15) is 10.4 Å². The summed E-state index contributed by atoms with van der Waals surface area (Å²) >= 11 is 0. The van der Waals surface area contributed by atoms with Gasteiger partial charge in [0, 0.05) is 17.8 Å². The standard InChI is InChI=1S/C28H30FN5O/c1-28-12-11-18-17-3-2-4-23(29)19(17)6-7-20(18)26(28)21(22-15-32-34-27(22)28)8-10-25(35)33-24-9-5-16(13-30)14-31-24/h2-5,9,14-15,18,20-21,25-26,35H,6-8,10-12H2,1H3,(H,31,33)(H,32,34)/t18?,20?,21-,25?,26?,28+/m1/s1. The Morgan fingerprint density at radius 1 is 1.29 bits per heavy atom. The molecule has 0 spiro atoms. The quantitative estimate of drug-likeness (QED) is 0.448. The van der Waals surface area contributed by atoms with Gasteiger partial charge in [0.15, 0.2) is 0 Å². The summed E-state index contributed by atoms with van der Waals surface area (Å²) in [5.41, 5.74) is 5.09. The molecular weight excluding hydrogens is 441 g/mol. The van der Waals surface area contributed by atoms with Crippen molar-refractivity contribution < 1.29 is 9.50 Å². The second-order valence-electron chi connectivity index (χ2n) is 10.7. The van der Waals surface area contributed by atoms with E-state index in [0.29, 0.717) is 41.5 Å². The first kappa shape index (κ1) is 22.2. The number of hydrogen-bond acceptors (Lipinski definition) is 5. The number of anilines is 1. The van der Waals surface area contributed by atoms with E-state index in [9.17, 15) is 9.50 Å². The van der Waals surface area contributed by atoms with E-state index in [-0.39, 0.29) is 11.2 Å². The molecule has 6 nitrogen and oxygen atoms in total. The minimum Gasteiger partial charge on any atom is -0.374 e. The maximum Gasteiger partial charge on any atom is 0.127 e. The molecule has 0 amide bonds. The predicted molar refractivity (Wildman–Crippen MR) is 130 cm³/mol. The average molecular weight is 472 g/mol. The third-order valence-corrected chi connectivity index (χ3v) is 8.97. The highest BCUT2D eigenvalue weighted by molar-refractivity contribution is 5.43. The maximum atomic E-state index is 14.6. The molecular formula is C28H30FN5O. The molecule has 1 saturated carbocycles. The van der Waals surface area contributed by atoms with Crippen LogP contribution in [0.25, 0.3) is 0 Å². The van der Waals surface area contributed by atoms with E-state index >= 15 is 0 Å². The number of benzene rings is 1. The van der Waals surface area contributed by atoms with E-state index in [4.69, 9.17) is 10.4 Å². The highest BCUT2D eigenvalue weighted by Gasteiger charge is 2.58. The Kier molecular flexibility index (Phi) is 5.37. The SMILES string of the molecule is C[C@]12CCC3c4cccc(F)c4CCC3C1[C@H](CCC(O)Nc1ccc(C#N)cn1)c1c[nH]nc12. The largest absolute Gasteiger partial charge is 0.374 e. The number of aliphatic hydroxyl groups excluding tert-OH is 1. The van der Waals surface area contributed by atoms with Crippen LogP contribution in [-0.4, -0.2) is 26.5 Å². The predicted octanol–water partition coefficient (Wildman–Crippen LogP) is 5.14. The van der Waals surface area contributed by atoms with E-state index in [1.54, 1.807) is 18.2 Å². The lowest BCUT2D eigenvalue weighted by atomic mass is 9.53. The van der Waals surface area contributed by atoms with Crippen LogP contribution in [0.2, 0.25) is 0 Å². The number of aromatic amines is 1. The van der Waals surface area contributed by atoms with Crippen LogP contribution in [0.3, 0.4) is 0 Å². The van der Waals surface area contributed by atoms with Gasteiger partial charge in [0.05, 0.1) is 11.3 Å². The van der Waals surface area contributed by atoms with Gasteiger partial charge in [-0.3, -0.25) is 5.10 Å². The molecule has 0 saturated heterocycles. The minimum absolute atomic E-state index is 0.000935. The Bertz CT molecular complexity index is 1280. The second-order valence-corrected chi connectivity index (χ2v) is 10.7. The van der Waals surface area contributed by atoms with Crippen LogP contribution in [0.5, 0.6) is 0 Å². The third-order valence-electron chi connectivity index (χ3n) is 8.97. The molecule has 3 aromatic rings. The molecule has 180 valence electrons. The third kappa shape index (κ3) is 3.54. The lowest BCUT2D eigenvalue weighted by molar-refractivity contribution is 0.0747. The van der Waals surface area contributed by atoms with Gasteiger partial charge in [-0.25, -0.2) is 9.37 Å². The molecule has 4 unspecified atom stereocenters. The fourth-order valence-corrected chi connectivity index (χ4v) is 7.54. The van der Waals surface area contributed by atoms with Gasteiger partial charge in [-0.1, -0.05) is 19.1 Å². The van der Waals surface area contributed by atoms with Crippen LogP contribution in [-0.2, 0) is 11.8 Å². The number of pyridine rings is 1. The van der Waals surface area contributed by atoms with Gasteiger partial charge < -0.3 is 10.4 Å². The van der Waals surface area contributed by atoms with Crippen molar-refractivity contribution in [3.8, 4) is 6.07 Å². The zero-order valence-corrected chi connectivity index (χ0v) is 19.8. The zero-order valence-electron chi connectivity index (χ0n) is 19.8. The molecule has 3 N–H and O–H groups in total. The van der Waals surface area contributed by atoms with Crippen molar-refractivity contribution in [3.63, 3.8) is 0 Å². The number of H-pyrrole nitrogens is 1. The zero-order chi connectivity index (χ0) is 24.2. The van der Waals surface area contributed by atoms with Gasteiger partial charge in [-0.15, -0.1) is 0 Å². The Morgan fingerprint density at radius 2 is 2.17 bits per heavy atom.